The van der Waals surface area contributed by atoms with Crippen molar-refractivity contribution in [1.29, 1.82) is 0 Å². The Hall–Kier alpha value is -3.46. The number of anilines is 1. The molecule has 0 spiro atoms. The molecule has 9 nitrogen and oxygen atoms in total. The molecule has 2 aromatic heterocycles. The number of carbonyl (C=O) groups is 2. The highest BCUT2D eigenvalue weighted by molar-refractivity contribution is 5.99. The zero-order valence-electron chi connectivity index (χ0n) is 20.4. The first-order valence-corrected chi connectivity index (χ1v) is 11.4. The van der Waals surface area contributed by atoms with Crippen LogP contribution < -0.4 is 10.1 Å². The van der Waals surface area contributed by atoms with E-state index in [1.165, 1.54) is 0 Å². The van der Waals surface area contributed by atoms with E-state index < -0.39 is 0 Å². The second kappa shape index (κ2) is 9.80. The molecule has 180 valence electrons. The normalized spacial score (nSPS) is 13.9. The summed E-state index contributed by atoms with van der Waals surface area (Å²) in [5.41, 5.74) is 5.69. The molecule has 0 unspecified atom stereocenters. The van der Waals surface area contributed by atoms with Gasteiger partial charge in [0, 0.05) is 43.5 Å². The molecule has 1 aliphatic heterocycles. The standard InChI is InChI=1S/C25H31N5O4/c1-15-19(25(32)30-11-13-34-14-12-30)7-6-8-20(15)27-21(31)10-9-18-16(2)22-23(26-17(18)3)29(4)28-24(22)33-5/h6-8H,9-14H2,1-5H3,(H,27,31). The third-order valence-electron chi connectivity index (χ3n) is 6.45. The van der Waals surface area contributed by atoms with Crippen LogP contribution in [0.3, 0.4) is 0 Å². The zero-order valence-corrected chi connectivity index (χ0v) is 20.4. The number of pyridine rings is 1. The van der Waals surface area contributed by atoms with Gasteiger partial charge in [-0.1, -0.05) is 6.07 Å². The van der Waals surface area contributed by atoms with Crippen LogP contribution in [0.15, 0.2) is 18.2 Å². The first kappa shape index (κ1) is 23.7. The molecule has 1 N–H and O–H groups in total. The Balaban J connectivity index is 1.49. The molecule has 1 fully saturated rings. The SMILES string of the molecule is COc1nn(C)c2nc(C)c(CCC(=O)Nc3cccc(C(=O)N4CCOCC4)c3C)c(C)c12. The summed E-state index contributed by atoms with van der Waals surface area (Å²) in [4.78, 5) is 32.3. The first-order chi connectivity index (χ1) is 16.3. The molecule has 4 rings (SSSR count). The van der Waals surface area contributed by atoms with Crippen molar-refractivity contribution in [1.82, 2.24) is 19.7 Å². The van der Waals surface area contributed by atoms with Crippen molar-refractivity contribution in [2.75, 3.05) is 38.7 Å². The Kier molecular flexibility index (Phi) is 6.83. The van der Waals surface area contributed by atoms with Crippen LogP contribution in [0.4, 0.5) is 5.69 Å². The van der Waals surface area contributed by atoms with E-state index in [2.05, 4.69) is 10.4 Å². The predicted molar refractivity (Wildman–Crippen MR) is 129 cm³/mol. The summed E-state index contributed by atoms with van der Waals surface area (Å²) in [6.07, 6.45) is 0.828. The summed E-state index contributed by atoms with van der Waals surface area (Å²) < 4.78 is 12.5. The summed E-state index contributed by atoms with van der Waals surface area (Å²) in [7, 11) is 3.43. The molecule has 0 aliphatic carbocycles. The maximum Gasteiger partial charge on any atom is 0.254 e. The van der Waals surface area contributed by atoms with Crippen molar-refractivity contribution in [2.45, 2.75) is 33.6 Å². The number of nitrogens with zero attached hydrogens (tertiary/aromatic N) is 4. The van der Waals surface area contributed by atoms with E-state index in [-0.39, 0.29) is 11.8 Å². The van der Waals surface area contributed by atoms with Gasteiger partial charge in [-0.25, -0.2) is 9.67 Å². The largest absolute Gasteiger partial charge is 0.479 e. The monoisotopic (exact) mass is 465 g/mol. The van der Waals surface area contributed by atoms with Crippen LogP contribution in [-0.2, 0) is 23.0 Å². The van der Waals surface area contributed by atoms with Crippen molar-refractivity contribution in [3.05, 3.63) is 46.1 Å². The molecule has 34 heavy (non-hydrogen) atoms. The molecule has 0 bridgehead atoms. The number of fused-ring (bicyclic) bond motifs is 1. The number of benzene rings is 1. The summed E-state index contributed by atoms with van der Waals surface area (Å²) in [6, 6.07) is 5.43. The molecule has 2 amide bonds. The third kappa shape index (κ3) is 4.48. The maximum atomic E-state index is 12.9. The van der Waals surface area contributed by atoms with E-state index >= 15 is 0 Å². The van der Waals surface area contributed by atoms with E-state index in [0.29, 0.717) is 56.3 Å². The van der Waals surface area contributed by atoms with Gasteiger partial charge in [0.25, 0.3) is 5.91 Å². The number of morpholine rings is 1. The van der Waals surface area contributed by atoms with Gasteiger partial charge in [0.1, 0.15) is 0 Å². The Labute approximate surface area is 199 Å². The van der Waals surface area contributed by atoms with Gasteiger partial charge in [-0.05, 0) is 56.0 Å². The Morgan fingerprint density at radius 3 is 2.59 bits per heavy atom. The number of aromatic nitrogens is 3. The number of rotatable bonds is 6. The fraction of sp³-hybridized carbons (Fsp3) is 0.440. The van der Waals surface area contributed by atoms with Crippen LogP contribution in [0, 0.1) is 20.8 Å². The third-order valence-corrected chi connectivity index (χ3v) is 6.45. The number of ether oxygens (including phenoxy) is 2. The quantitative estimate of drug-likeness (QED) is 0.601. The number of hydrogen-bond acceptors (Lipinski definition) is 6. The summed E-state index contributed by atoms with van der Waals surface area (Å²) in [5, 5.41) is 8.24. The predicted octanol–water partition coefficient (Wildman–Crippen LogP) is 2.95. The van der Waals surface area contributed by atoms with E-state index in [9.17, 15) is 9.59 Å². The van der Waals surface area contributed by atoms with Crippen molar-refractivity contribution in [3.8, 4) is 5.88 Å². The highest BCUT2D eigenvalue weighted by Crippen LogP contribution is 2.30. The van der Waals surface area contributed by atoms with Crippen LogP contribution in [0.1, 0.15) is 39.2 Å². The molecule has 3 heterocycles. The molecule has 0 atom stereocenters. The van der Waals surface area contributed by atoms with Crippen molar-refractivity contribution in [3.63, 3.8) is 0 Å². The minimum absolute atomic E-state index is 0.0343. The number of methoxy groups -OCH3 is 1. The van der Waals surface area contributed by atoms with E-state index in [1.807, 2.05) is 33.9 Å². The lowest BCUT2D eigenvalue weighted by atomic mass is 10.00. The number of carbonyl (C=O) groups excluding carboxylic acids is 2. The summed E-state index contributed by atoms with van der Waals surface area (Å²) in [6.45, 7) is 8.08. The Morgan fingerprint density at radius 2 is 1.88 bits per heavy atom. The second-order valence-electron chi connectivity index (χ2n) is 8.56. The van der Waals surface area contributed by atoms with Gasteiger partial charge in [-0.15, -0.1) is 5.10 Å². The van der Waals surface area contributed by atoms with Gasteiger partial charge in [0.05, 0.1) is 25.7 Å². The minimum Gasteiger partial charge on any atom is -0.479 e. The lowest BCUT2D eigenvalue weighted by molar-refractivity contribution is -0.116. The van der Waals surface area contributed by atoms with Gasteiger partial charge >= 0.3 is 0 Å². The molecule has 1 saturated heterocycles. The average Bonchev–Trinajstić information content (AvgIpc) is 3.15. The lowest BCUT2D eigenvalue weighted by Gasteiger charge is -2.27. The molecule has 3 aromatic rings. The van der Waals surface area contributed by atoms with Gasteiger partial charge in [0.2, 0.25) is 11.8 Å². The molecule has 0 radical (unpaired) electrons. The fourth-order valence-electron chi connectivity index (χ4n) is 4.50. The van der Waals surface area contributed by atoms with Gasteiger partial charge in [0.15, 0.2) is 5.65 Å². The molecule has 9 heteroatoms. The Morgan fingerprint density at radius 1 is 1.15 bits per heavy atom. The van der Waals surface area contributed by atoms with E-state index in [1.54, 1.807) is 28.8 Å². The zero-order chi connectivity index (χ0) is 24.4. The molecule has 0 saturated carbocycles. The number of aryl methyl sites for hydroxylation is 3. The van der Waals surface area contributed by atoms with Gasteiger partial charge in [-0.2, -0.15) is 0 Å². The lowest BCUT2D eigenvalue weighted by Crippen LogP contribution is -2.41. The van der Waals surface area contributed by atoms with Gasteiger partial charge in [-0.3, -0.25) is 9.59 Å². The summed E-state index contributed by atoms with van der Waals surface area (Å²) in [5.74, 6) is 0.384. The highest BCUT2D eigenvalue weighted by Gasteiger charge is 2.22. The van der Waals surface area contributed by atoms with Crippen LogP contribution in [-0.4, -0.2) is 64.9 Å². The second-order valence-corrected chi connectivity index (χ2v) is 8.56. The summed E-state index contributed by atoms with van der Waals surface area (Å²) >= 11 is 0. The van der Waals surface area contributed by atoms with Crippen molar-refractivity contribution >= 4 is 28.5 Å². The number of hydrogen-bond donors (Lipinski definition) is 1. The van der Waals surface area contributed by atoms with Crippen molar-refractivity contribution in [2.24, 2.45) is 7.05 Å². The first-order valence-electron chi connectivity index (χ1n) is 11.4. The molecular weight excluding hydrogens is 434 g/mol. The van der Waals surface area contributed by atoms with Crippen LogP contribution in [0.2, 0.25) is 0 Å². The van der Waals surface area contributed by atoms with Crippen molar-refractivity contribution < 1.29 is 19.1 Å². The average molecular weight is 466 g/mol. The maximum absolute atomic E-state index is 12.9. The topological polar surface area (TPSA) is 98.6 Å². The van der Waals surface area contributed by atoms with Crippen LogP contribution in [0.5, 0.6) is 5.88 Å². The molecular formula is C25H31N5O4. The highest BCUT2D eigenvalue weighted by atomic mass is 16.5. The number of amides is 2. The minimum atomic E-state index is -0.115. The fourth-order valence-corrected chi connectivity index (χ4v) is 4.50. The number of nitrogens with one attached hydrogen (secondary N) is 1. The van der Waals surface area contributed by atoms with Crippen LogP contribution in [0.25, 0.3) is 11.0 Å². The smallest absolute Gasteiger partial charge is 0.254 e. The van der Waals surface area contributed by atoms with Crippen LogP contribution >= 0.6 is 0 Å². The molecule has 1 aromatic carbocycles. The van der Waals surface area contributed by atoms with Gasteiger partial charge < -0.3 is 19.7 Å². The molecule has 1 aliphatic rings. The van der Waals surface area contributed by atoms with E-state index in [4.69, 9.17) is 14.5 Å². The van der Waals surface area contributed by atoms with E-state index in [0.717, 1.165) is 33.4 Å². The Bertz CT molecular complexity index is 1240.